The molecular weight excluding hydrogens is 244 g/mol. The molecule has 0 radical (unpaired) electrons. The first-order valence-electron chi connectivity index (χ1n) is 6.68. The van der Waals surface area contributed by atoms with Gasteiger partial charge in [0.05, 0.1) is 11.3 Å². The summed E-state index contributed by atoms with van der Waals surface area (Å²) in [5, 5.41) is 0. The lowest BCUT2D eigenvalue weighted by atomic mass is 9.91. The number of carbonyl (C=O) groups excluding carboxylic acids is 2. The molecule has 2 aliphatic rings. The zero-order valence-corrected chi connectivity index (χ0v) is 12.4. The molecule has 0 spiro atoms. The minimum Gasteiger partial charge on any atom is -0.309 e. The van der Waals surface area contributed by atoms with E-state index in [0.717, 1.165) is 17.7 Å². The number of nitrogens with zero attached hydrogens (tertiary/aromatic N) is 2. The van der Waals surface area contributed by atoms with Crippen molar-refractivity contribution in [1.29, 1.82) is 0 Å². The van der Waals surface area contributed by atoms with Gasteiger partial charge < -0.3 is 11.5 Å². The van der Waals surface area contributed by atoms with Crippen molar-refractivity contribution in [1.82, 2.24) is 9.80 Å². The van der Waals surface area contributed by atoms with Gasteiger partial charge in [0.1, 0.15) is 5.54 Å². The fourth-order valence-corrected chi connectivity index (χ4v) is 3.06. The molecule has 1 heterocycles. The summed E-state index contributed by atoms with van der Waals surface area (Å²) in [4.78, 5) is 28.0. The standard InChI is InChI=1S/C13H24N4O2/c1-11(2,14)16-9(18)13(5,8-6-7-8)17(10(16)19)12(3,4)15/h8H,6-7,14-15H2,1-5H3. The van der Waals surface area contributed by atoms with Gasteiger partial charge in [0.2, 0.25) is 0 Å². The smallest absolute Gasteiger partial charge is 0.309 e. The number of nitrogens with two attached hydrogens (primary N) is 2. The molecule has 1 atom stereocenters. The molecule has 1 aliphatic carbocycles. The maximum absolute atomic E-state index is 12.8. The molecular formula is C13H24N4O2. The predicted molar refractivity (Wildman–Crippen MR) is 71.7 cm³/mol. The van der Waals surface area contributed by atoms with Crippen molar-refractivity contribution < 1.29 is 9.59 Å². The molecule has 1 saturated carbocycles. The summed E-state index contributed by atoms with van der Waals surface area (Å²) >= 11 is 0. The Morgan fingerprint density at radius 2 is 1.58 bits per heavy atom. The van der Waals surface area contributed by atoms with Gasteiger partial charge >= 0.3 is 6.03 Å². The van der Waals surface area contributed by atoms with E-state index >= 15 is 0 Å². The van der Waals surface area contributed by atoms with E-state index in [1.54, 1.807) is 27.7 Å². The average molecular weight is 268 g/mol. The summed E-state index contributed by atoms with van der Waals surface area (Å²) in [6.45, 7) is 8.61. The monoisotopic (exact) mass is 268 g/mol. The van der Waals surface area contributed by atoms with Crippen LogP contribution in [0, 0.1) is 5.92 Å². The third-order valence-corrected chi connectivity index (χ3v) is 4.01. The highest BCUT2D eigenvalue weighted by molar-refractivity contribution is 6.08. The Hall–Kier alpha value is -1.14. The largest absolute Gasteiger partial charge is 0.330 e. The molecule has 3 amide bonds. The SMILES string of the molecule is CC(C)(N)N1C(=O)N(C(C)(C)N)C(C)(C2CC2)C1=O. The molecule has 1 unspecified atom stereocenters. The molecule has 19 heavy (non-hydrogen) atoms. The molecule has 2 rings (SSSR count). The van der Waals surface area contributed by atoms with Crippen LogP contribution in [0.4, 0.5) is 4.79 Å². The molecule has 0 bridgehead atoms. The summed E-state index contributed by atoms with van der Waals surface area (Å²) in [5.41, 5.74) is 9.32. The molecule has 0 aromatic heterocycles. The van der Waals surface area contributed by atoms with Crippen molar-refractivity contribution in [2.75, 3.05) is 0 Å². The molecule has 4 N–H and O–H groups in total. The predicted octanol–water partition coefficient (Wildman–Crippen LogP) is 0.809. The minimum atomic E-state index is -1.02. The zero-order valence-electron chi connectivity index (χ0n) is 12.4. The van der Waals surface area contributed by atoms with Gasteiger partial charge in [-0.2, -0.15) is 0 Å². The van der Waals surface area contributed by atoms with Crippen molar-refractivity contribution >= 4 is 11.9 Å². The van der Waals surface area contributed by atoms with Crippen molar-refractivity contribution in [3.8, 4) is 0 Å². The summed E-state index contributed by atoms with van der Waals surface area (Å²) in [5.74, 6) is -0.0508. The normalized spacial score (nSPS) is 29.4. The van der Waals surface area contributed by atoms with E-state index in [0.29, 0.717) is 0 Å². The summed E-state index contributed by atoms with van der Waals surface area (Å²) in [6.07, 6.45) is 1.89. The van der Waals surface area contributed by atoms with E-state index in [2.05, 4.69) is 0 Å². The van der Waals surface area contributed by atoms with Crippen molar-refractivity contribution in [3.05, 3.63) is 0 Å². The first-order chi connectivity index (χ1) is 8.41. The van der Waals surface area contributed by atoms with Gasteiger partial charge in [-0.05, 0) is 53.4 Å². The molecule has 2 fully saturated rings. The third-order valence-electron chi connectivity index (χ3n) is 4.01. The average Bonchev–Trinajstić information content (AvgIpc) is 2.92. The lowest BCUT2D eigenvalue weighted by Gasteiger charge is -2.41. The number of amides is 3. The first-order valence-corrected chi connectivity index (χ1v) is 6.68. The number of carbonyl (C=O) groups is 2. The van der Waals surface area contributed by atoms with Gasteiger partial charge in [-0.15, -0.1) is 0 Å². The van der Waals surface area contributed by atoms with E-state index in [-0.39, 0.29) is 17.9 Å². The second-order valence-corrected chi connectivity index (χ2v) is 6.99. The number of urea groups is 1. The van der Waals surface area contributed by atoms with Crippen LogP contribution in [0.2, 0.25) is 0 Å². The molecule has 1 saturated heterocycles. The molecule has 108 valence electrons. The molecule has 0 aromatic carbocycles. The number of hydrogen-bond donors (Lipinski definition) is 2. The van der Waals surface area contributed by atoms with Crippen molar-refractivity contribution in [2.45, 2.75) is 64.3 Å². The van der Waals surface area contributed by atoms with Crippen LogP contribution in [0.25, 0.3) is 0 Å². The molecule has 6 nitrogen and oxygen atoms in total. The Kier molecular flexibility index (Phi) is 2.78. The Morgan fingerprint density at radius 1 is 1.11 bits per heavy atom. The fraction of sp³-hybridized carbons (Fsp3) is 0.846. The second kappa shape index (κ2) is 3.70. The van der Waals surface area contributed by atoms with Crippen LogP contribution in [0.5, 0.6) is 0 Å². The highest BCUT2D eigenvalue weighted by Crippen LogP contribution is 2.49. The van der Waals surface area contributed by atoms with E-state index in [1.165, 1.54) is 4.90 Å². The highest BCUT2D eigenvalue weighted by atomic mass is 16.2. The number of rotatable bonds is 3. The minimum absolute atomic E-state index is 0.180. The maximum atomic E-state index is 12.8. The maximum Gasteiger partial charge on any atom is 0.330 e. The van der Waals surface area contributed by atoms with Gasteiger partial charge in [0.15, 0.2) is 0 Å². The zero-order chi connectivity index (χ0) is 14.8. The quantitative estimate of drug-likeness (QED) is 0.741. The number of imide groups is 1. The Bertz CT molecular complexity index is 431. The summed E-state index contributed by atoms with van der Waals surface area (Å²) in [6, 6.07) is -0.389. The Labute approximate surface area is 114 Å². The summed E-state index contributed by atoms with van der Waals surface area (Å²) < 4.78 is 0. The topological polar surface area (TPSA) is 92.7 Å². The lowest BCUT2D eigenvalue weighted by molar-refractivity contribution is -0.137. The lowest BCUT2D eigenvalue weighted by Crippen LogP contribution is -2.62. The highest BCUT2D eigenvalue weighted by Gasteiger charge is 2.65. The van der Waals surface area contributed by atoms with Crippen LogP contribution in [-0.2, 0) is 4.79 Å². The van der Waals surface area contributed by atoms with Gasteiger partial charge in [-0.25, -0.2) is 9.69 Å². The van der Waals surface area contributed by atoms with Crippen molar-refractivity contribution in [2.24, 2.45) is 17.4 Å². The van der Waals surface area contributed by atoms with Crippen LogP contribution in [0.1, 0.15) is 47.5 Å². The third kappa shape index (κ3) is 1.94. The Morgan fingerprint density at radius 3 is 1.89 bits per heavy atom. The van der Waals surface area contributed by atoms with E-state index in [4.69, 9.17) is 11.5 Å². The number of hydrogen-bond acceptors (Lipinski definition) is 4. The second-order valence-electron chi connectivity index (χ2n) is 6.99. The van der Waals surface area contributed by atoms with Crippen LogP contribution in [-0.4, -0.2) is 38.6 Å². The van der Waals surface area contributed by atoms with Crippen LogP contribution >= 0.6 is 0 Å². The van der Waals surface area contributed by atoms with Gasteiger partial charge in [-0.1, -0.05) is 0 Å². The van der Waals surface area contributed by atoms with Crippen LogP contribution in [0.3, 0.4) is 0 Å². The molecule has 0 aromatic rings. The van der Waals surface area contributed by atoms with Crippen molar-refractivity contribution in [3.63, 3.8) is 0 Å². The first kappa shape index (κ1) is 14.3. The molecule has 6 heteroatoms. The van der Waals surface area contributed by atoms with Gasteiger partial charge in [0, 0.05) is 0 Å². The van der Waals surface area contributed by atoms with Gasteiger partial charge in [0.25, 0.3) is 5.91 Å². The summed E-state index contributed by atoms with van der Waals surface area (Å²) in [7, 11) is 0. The van der Waals surface area contributed by atoms with Gasteiger partial charge in [-0.3, -0.25) is 9.69 Å². The molecule has 1 aliphatic heterocycles. The van der Waals surface area contributed by atoms with E-state index in [9.17, 15) is 9.59 Å². The van der Waals surface area contributed by atoms with E-state index < -0.39 is 16.9 Å². The Balaban J connectivity index is 2.53. The van der Waals surface area contributed by atoms with Crippen LogP contribution in [0.15, 0.2) is 0 Å². The van der Waals surface area contributed by atoms with E-state index in [1.807, 2.05) is 6.92 Å². The van der Waals surface area contributed by atoms with Crippen LogP contribution < -0.4 is 11.5 Å². The fourth-order valence-electron chi connectivity index (χ4n) is 3.06.